The van der Waals surface area contributed by atoms with E-state index in [-0.39, 0.29) is 96.5 Å². The zero-order chi connectivity index (χ0) is 107. The second-order valence-corrected chi connectivity index (χ2v) is 40.0. The van der Waals surface area contributed by atoms with E-state index in [9.17, 15) is 82.3 Å². The molecular weight excluding hydrogens is 2210 g/mol. The number of carboxylic acid groups (broad SMARTS) is 4. The van der Waals surface area contributed by atoms with Crippen LogP contribution in [0.25, 0.3) is 0 Å². The molecule has 0 radical (unpaired) electrons. The van der Waals surface area contributed by atoms with Crippen molar-refractivity contribution in [2.75, 3.05) is 113 Å². The number of aliphatic imine (C=N–C) groups is 4. The molecule has 8 N–H and O–H groups in total. The van der Waals surface area contributed by atoms with Crippen molar-refractivity contribution >= 4 is 172 Å². The van der Waals surface area contributed by atoms with Gasteiger partial charge in [-0.2, -0.15) is 0 Å². The number of esters is 4. The summed E-state index contributed by atoms with van der Waals surface area (Å²) in [5, 5.41) is 57.4. The van der Waals surface area contributed by atoms with Crippen LogP contribution in [0.1, 0.15) is 99.6 Å². The van der Waals surface area contributed by atoms with Crippen LogP contribution in [0.2, 0.25) is 10.0 Å². The van der Waals surface area contributed by atoms with Gasteiger partial charge in [-0.05, 0) is 97.3 Å². The average molecular weight is 2300 g/mol. The number of morpholine rings is 1. The van der Waals surface area contributed by atoms with E-state index in [4.69, 9.17) is 77.3 Å². The van der Waals surface area contributed by atoms with Crippen LogP contribution in [-0.4, -0.2) is 268 Å². The van der Waals surface area contributed by atoms with E-state index in [1.807, 2.05) is 10.3 Å². The molecular formula is C97H92Br2Cl2F10N16O17S4. The number of carbonyl (C=O) groups excluding carboxylic acids is 4. The Hall–Kier alpha value is -12.4. The molecule has 12 heterocycles. The summed E-state index contributed by atoms with van der Waals surface area (Å²) in [6.07, 6.45) is 13.4. The van der Waals surface area contributed by atoms with E-state index >= 15 is 0 Å². The van der Waals surface area contributed by atoms with Crippen molar-refractivity contribution in [2.24, 2.45) is 37.7 Å². The molecule has 784 valence electrons. The first-order valence-electron chi connectivity index (χ1n) is 45.0. The third kappa shape index (κ3) is 30.5. The highest BCUT2D eigenvalue weighted by Crippen LogP contribution is 2.45. The number of amidine groups is 4. The highest BCUT2D eigenvalue weighted by atomic mass is 79.9. The number of nitrogens with zero attached hydrogens (tertiary/aromatic N) is 12. The lowest BCUT2D eigenvalue weighted by atomic mass is 9.92. The fraction of sp³-hybridized carbons (Fsp3) is 0.340. The van der Waals surface area contributed by atoms with Crippen molar-refractivity contribution in [2.45, 2.75) is 81.1 Å². The fourth-order valence-corrected chi connectivity index (χ4v) is 21.3. The van der Waals surface area contributed by atoms with Gasteiger partial charge in [0.15, 0.2) is 43.4 Å². The molecule has 0 unspecified atom stereocenters. The van der Waals surface area contributed by atoms with E-state index in [0.29, 0.717) is 112 Å². The van der Waals surface area contributed by atoms with E-state index in [0.717, 1.165) is 36.4 Å². The Morgan fingerprint density at radius 2 is 0.709 bits per heavy atom. The minimum Gasteiger partial charge on any atom is -0.478 e. The third-order valence-electron chi connectivity index (χ3n) is 23.1. The SMILES string of the molecule is CCOC(=O)C1=C(CN2C[C@@H](/C=C/C(=O)O)CC(F)(F)C2)NC(c2nccs2)=N[C@H]1c1ccc(F)cc1Br.CCOC(=O)C1=C(CN2C[C@@H](/C=C/C(=O)O)CC(F)(F)C2)NC(c2nccs2)=N[C@H]1c1ccc(F)cc1Cl.COC(=O)C1=C(CN2CCO[C@H](/C=C/C(=O)O)C2)NC(c2nccs2)=N[C@H]1c1ccc(F)cc1Br.COC(=O)C1=C(CN2C[C@@H](/C=C/C(=O)O)CC(F)(F)C2)NC(c2nccs2)=N[C@H]1c1ccc(F)cc1Cl. The number of rotatable bonds is 30. The molecule has 33 nitrogen and oxygen atoms in total. The molecule has 8 aliphatic rings. The molecule has 4 aromatic heterocycles. The third-order valence-corrected chi connectivity index (χ3v) is 28.2. The number of aromatic nitrogens is 4. The monoisotopic (exact) mass is 2300 g/mol. The fourth-order valence-electron chi connectivity index (χ4n) is 17.3. The number of nitrogens with one attached hydrogen (secondary N) is 4. The predicted octanol–water partition coefficient (Wildman–Crippen LogP) is 15.9. The number of halogens is 14. The molecule has 51 heteroatoms. The first kappa shape index (κ1) is 113. The van der Waals surface area contributed by atoms with Gasteiger partial charge in [-0.3, -0.25) is 39.6 Å². The average Bonchev–Trinajstić information content (AvgIpc) is 1.10. The standard InChI is InChI=1S/C25H24BrF3N4O4S.C25H24ClF3N4O4S.C24H22ClF3N4O4S.C23H22BrFN4O5S/c2*1-2-37-24(36)20-18(12-33-11-14(3-6-19(34)35)10-25(28,29)13-33)31-22(23-30-7-8-38-23)32-21(20)16-5-4-15(27)9-17(16)26;1-36-23(35)19-17(11-32-10-13(2-5-18(33)34)9-24(27,28)12-32)30-21(22-29-6-7-37-22)31-20(19)15-4-3-14(26)8-16(15)25;1-33-23(32)19-17(12-29-7-8-34-14(11-29)3-5-18(30)31)27-21(22-26-6-9-35-22)28-20(19)15-4-2-13(25)10-16(15)24/h2*3-9,14,21H,2,10-13H2,1H3,(H,31,32)(H,34,35);2-8,13,20H,9-12H2,1H3,(H,30,31)(H,33,34);2-6,9-10,14,20H,7-8,11-12H2,1H3,(H,27,28)(H,30,31)/b2*6-3+;5-2+;5-3+/t2*14-,21-;13-,20-;14-,20+/m0001/s1. The molecule has 0 spiro atoms. The van der Waals surface area contributed by atoms with Crippen molar-refractivity contribution < 1.29 is 126 Å². The number of carboxylic acids is 4. The smallest absolute Gasteiger partial charge is 0.338 e. The van der Waals surface area contributed by atoms with Crippen molar-refractivity contribution in [1.29, 1.82) is 0 Å². The van der Waals surface area contributed by atoms with Crippen LogP contribution < -0.4 is 21.3 Å². The number of piperidine rings is 3. The Morgan fingerprint density at radius 3 is 0.986 bits per heavy atom. The summed E-state index contributed by atoms with van der Waals surface area (Å²) in [6, 6.07) is 11.8. The summed E-state index contributed by atoms with van der Waals surface area (Å²) in [4.78, 5) is 138. The Morgan fingerprint density at radius 1 is 0.426 bits per heavy atom. The van der Waals surface area contributed by atoms with Gasteiger partial charge in [0.1, 0.15) is 47.4 Å². The number of thiazole rings is 4. The summed E-state index contributed by atoms with van der Waals surface area (Å²) >= 11 is 24.7. The van der Waals surface area contributed by atoms with Gasteiger partial charge in [0.2, 0.25) is 0 Å². The molecule has 0 bridgehead atoms. The largest absolute Gasteiger partial charge is 0.478 e. The maximum absolute atomic E-state index is 14.7. The number of hydrogen-bond acceptors (Lipinski definition) is 33. The number of aliphatic carboxylic acids is 4. The summed E-state index contributed by atoms with van der Waals surface area (Å²) in [7, 11) is 2.48. The van der Waals surface area contributed by atoms with Crippen molar-refractivity contribution in [3.8, 4) is 0 Å². The van der Waals surface area contributed by atoms with Crippen LogP contribution in [0, 0.1) is 41.0 Å². The number of hydrogen-bond donors (Lipinski definition) is 8. The topological polar surface area (TPSA) is 426 Å². The number of carbonyl (C=O) groups is 8. The first-order chi connectivity index (χ1) is 70.5. The van der Waals surface area contributed by atoms with E-state index in [1.54, 1.807) is 60.8 Å². The Bertz CT molecular complexity index is 6440. The minimum absolute atomic E-state index is 0.0262. The van der Waals surface area contributed by atoms with E-state index in [2.05, 4.69) is 83.0 Å². The summed E-state index contributed by atoms with van der Waals surface area (Å²) < 4.78 is 170. The molecule has 8 aromatic rings. The van der Waals surface area contributed by atoms with Crippen molar-refractivity contribution in [3.63, 3.8) is 0 Å². The lowest BCUT2D eigenvalue weighted by molar-refractivity contribution is -0.140. The molecule has 4 aromatic carbocycles. The van der Waals surface area contributed by atoms with E-state index < -0.39 is 176 Å². The van der Waals surface area contributed by atoms with Crippen LogP contribution in [0.15, 0.2) is 242 Å². The second-order valence-electron chi connectivity index (χ2n) is 33.9. The number of methoxy groups -OCH3 is 2. The van der Waals surface area contributed by atoms with Crippen LogP contribution in [-0.2, 0) is 62.0 Å². The molecule has 16 rings (SSSR count). The molecule has 4 fully saturated rings. The van der Waals surface area contributed by atoms with Gasteiger partial charge in [0.25, 0.3) is 17.8 Å². The highest BCUT2D eigenvalue weighted by Gasteiger charge is 2.47. The summed E-state index contributed by atoms with van der Waals surface area (Å²) in [5.41, 5.74) is 3.58. The maximum Gasteiger partial charge on any atom is 0.338 e. The van der Waals surface area contributed by atoms with Gasteiger partial charge < -0.3 is 65.4 Å². The molecule has 8 aliphatic heterocycles. The molecule has 8 atom stereocenters. The van der Waals surface area contributed by atoms with Gasteiger partial charge in [0.05, 0.1) is 82.1 Å². The van der Waals surface area contributed by atoms with Crippen LogP contribution in [0.5, 0.6) is 0 Å². The molecule has 4 saturated heterocycles. The number of likely N-dealkylation sites (tertiary alicyclic amines) is 3. The molecule has 148 heavy (non-hydrogen) atoms. The lowest BCUT2D eigenvalue weighted by Gasteiger charge is -2.38. The predicted molar refractivity (Wildman–Crippen MR) is 536 cm³/mol. The van der Waals surface area contributed by atoms with Crippen molar-refractivity contribution in [3.05, 3.63) is 297 Å². The van der Waals surface area contributed by atoms with Crippen LogP contribution in [0.4, 0.5) is 43.9 Å². The molecule has 0 aliphatic carbocycles. The quantitative estimate of drug-likeness (QED) is 0.00897. The number of benzene rings is 4. The van der Waals surface area contributed by atoms with Gasteiger partial charge in [-0.1, -0.05) is 97.6 Å². The second kappa shape index (κ2) is 51.2. The molecule has 0 amide bonds. The highest BCUT2D eigenvalue weighted by molar-refractivity contribution is 9.10. The Balaban J connectivity index is 0.000000165. The normalized spacial score (nSPS) is 21.7. The minimum atomic E-state index is -3.09. The van der Waals surface area contributed by atoms with Gasteiger partial charge in [-0.15, -0.1) is 45.3 Å². The van der Waals surface area contributed by atoms with E-state index in [1.165, 1.54) is 153 Å². The van der Waals surface area contributed by atoms with Gasteiger partial charge in [-0.25, -0.2) is 102 Å². The van der Waals surface area contributed by atoms with Gasteiger partial charge in [0, 0.05) is 202 Å². The van der Waals surface area contributed by atoms with Crippen LogP contribution >= 0.6 is 100 Å². The van der Waals surface area contributed by atoms with Crippen LogP contribution in [0.3, 0.4) is 0 Å². The van der Waals surface area contributed by atoms with Gasteiger partial charge >= 0.3 is 47.8 Å². The Kier molecular flexibility index (Phi) is 39.0. The zero-order valence-electron chi connectivity index (χ0n) is 78.4. The number of ether oxygens (including phenoxy) is 5. The zero-order valence-corrected chi connectivity index (χ0v) is 86.3. The lowest BCUT2D eigenvalue weighted by Crippen LogP contribution is -2.49. The number of alkyl halides is 6. The first-order valence-corrected chi connectivity index (χ1v) is 50.9. The summed E-state index contributed by atoms with van der Waals surface area (Å²) in [6.45, 7) is 3.39. The summed E-state index contributed by atoms with van der Waals surface area (Å²) in [5.74, 6) is -19.5. The Labute approximate surface area is 881 Å². The van der Waals surface area contributed by atoms with Crippen molar-refractivity contribution in [1.82, 2.24) is 60.8 Å². The molecule has 0 saturated carbocycles. The maximum atomic E-state index is 14.7.